The number of rotatable bonds is 3. The molecule has 1 fully saturated rings. The summed E-state index contributed by atoms with van der Waals surface area (Å²) >= 11 is 0. The smallest absolute Gasteiger partial charge is 0.328 e. The number of carboxylic acids is 2. The summed E-state index contributed by atoms with van der Waals surface area (Å²) in [6.07, 6.45) is 3.49. The fraction of sp³-hybridized carbons (Fsp3) is 0.389. The number of nitrogens with zero attached hydrogens (tertiary/aromatic N) is 2. The van der Waals surface area contributed by atoms with Crippen molar-refractivity contribution >= 4 is 22.9 Å². The van der Waals surface area contributed by atoms with Crippen molar-refractivity contribution in [2.45, 2.75) is 25.7 Å². The Hall–Kier alpha value is -2.67. The van der Waals surface area contributed by atoms with E-state index in [4.69, 9.17) is 14.7 Å². The number of benzene rings is 1. The third-order valence-electron chi connectivity index (χ3n) is 4.13. The second-order valence-electron chi connectivity index (χ2n) is 6.15. The van der Waals surface area contributed by atoms with Gasteiger partial charge in [0.2, 0.25) is 0 Å². The number of piperidine rings is 1. The molecule has 7 heteroatoms. The van der Waals surface area contributed by atoms with Crippen molar-refractivity contribution in [3.8, 4) is 0 Å². The summed E-state index contributed by atoms with van der Waals surface area (Å²) < 4.78 is 5.42. The number of carbonyl (C=O) groups is 2. The molecule has 0 saturated carbocycles. The number of aromatic nitrogens is 1. The lowest BCUT2D eigenvalue weighted by atomic mass is 9.91. The maximum Gasteiger partial charge on any atom is 0.328 e. The van der Waals surface area contributed by atoms with E-state index >= 15 is 0 Å². The number of aryl methyl sites for hydroxylation is 1. The normalized spacial score (nSPS) is 15.9. The lowest BCUT2D eigenvalue weighted by Gasteiger charge is -2.27. The van der Waals surface area contributed by atoms with Crippen molar-refractivity contribution in [1.82, 2.24) is 10.1 Å². The number of fused-ring (bicyclic) bond motifs is 1. The van der Waals surface area contributed by atoms with E-state index in [1.807, 2.05) is 6.07 Å². The van der Waals surface area contributed by atoms with Crippen LogP contribution in [0.15, 0.2) is 34.9 Å². The van der Waals surface area contributed by atoms with Crippen molar-refractivity contribution in [3.63, 3.8) is 0 Å². The molecule has 0 amide bonds. The molecular weight excluding hydrogens is 324 g/mol. The minimum Gasteiger partial charge on any atom is -0.478 e. The number of hydrogen-bond acceptors (Lipinski definition) is 5. The second kappa shape index (κ2) is 8.43. The van der Waals surface area contributed by atoms with Crippen molar-refractivity contribution in [2.24, 2.45) is 0 Å². The highest BCUT2D eigenvalue weighted by atomic mass is 16.5. The molecule has 1 aromatic heterocycles. The topological polar surface area (TPSA) is 104 Å². The molecule has 0 unspecified atom stereocenters. The highest BCUT2D eigenvalue weighted by molar-refractivity contribution is 5.89. The van der Waals surface area contributed by atoms with Crippen molar-refractivity contribution in [1.29, 1.82) is 0 Å². The van der Waals surface area contributed by atoms with Gasteiger partial charge in [-0.05, 0) is 52.0 Å². The zero-order valence-electron chi connectivity index (χ0n) is 14.3. The zero-order valence-corrected chi connectivity index (χ0v) is 14.3. The first-order valence-corrected chi connectivity index (χ1v) is 8.05. The van der Waals surface area contributed by atoms with Crippen LogP contribution in [0.4, 0.5) is 0 Å². The zero-order chi connectivity index (χ0) is 18.4. The second-order valence-corrected chi connectivity index (χ2v) is 6.15. The van der Waals surface area contributed by atoms with Crippen LogP contribution in [-0.4, -0.2) is 52.3 Å². The van der Waals surface area contributed by atoms with E-state index in [0.717, 1.165) is 24.4 Å². The van der Waals surface area contributed by atoms with Crippen LogP contribution in [0.5, 0.6) is 0 Å². The molecule has 1 saturated heterocycles. The van der Waals surface area contributed by atoms with Crippen molar-refractivity contribution < 1.29 is 24.3 Å². The van der Waals surface area contributed by atoms with Gasteiger partial charge in [-0.25, -0.2) is 9.59 Å². The van der Waals surface area contributed by atoms with Gasteiger partial charge in [0.25, 0.3) is 0 Å². The first kappa shape index (κ1) is 18.7. The van der Waals surface area contributed by atoms with E-state index in [2.05, 4.69) is 36.2 Å². The fourth-order valence-corrected chi connectivity index (χ4v) is 2.79. The predicted molar refractivity (Wildman–Crippen MR) is 92.6 cm³/mol. The standard InChI is InChI=1S/C14H18N2O.C4H4O4/c1-10-3-4-13-12(9-10)14(15-17-13)11-5-7-16(2)8-6-11;5-3(6)1-2-4(7)8/h3-4,9,11H,5-8H2,1-2H3;1-2H,(H,5,6)(H,7,8)/b;2-1+. The number of aliphatic carboxylic acids is 2. The van der Waals surface area contributed by atoms with Gasteiger partial charge < -0.3 is 19.6 Å². The number of hydrogen-bond donors (Lipinski definition) is 2. The maximum atomic E-state index is 9.55. The highest BCUT2D eigenvalue weighted by Gasteiger charge is 2.23. The molecule has 25 heavy (non-hydrogen) atoms. The molecule has 0 bridgehead atoms. The van der Waals surface area contributed by atoms with Crippen molar-refractivity contribution in [3.05, 3.63) is 41.6 Å². The Balaban J connectivity index is 0.000000242. The van der Waals surface area contributed by atoms with E-state index in [0.29, 0.717) is 18.1 Å². The third kappa shape index (κ3) is 5.42. The molecule has 3 rings (SSSR count). The van der Waals surface area contributed by atoms with Crippen LogP contribution in [-0.2, 0) is 9.59 Å². The quantitative estimate of drug-likeness (QED) is 0.823. The average Bonchev–Trinajstić information content (AvgIpc) is 2.97. The van der Waals surface area contributed by atoms with Gasteiger partial charge in [-0.3, -0.25) is 0 Å². The number of carboxylic acid groups (broad SMARTS) is 2. The Morgan fingerprint density at radius 3 is 2.36 bits per heavy atom. The average molecular weight is 346 g/mol. The highest BCUT2D eigenvalue weighted by Crippen LogP contribution is 2.32. The Labute approximate surface area is 145 Å². The molecule has 2 heterocycles. The summed E-state index contributed by atoms with van der Waals surface area (Å²) in [5, 5.41) is 21.1. The molecule has 7 nitrogen and oxygen atoms in total. The van der Waals surface area contributed by atoms with E-state index in [1.54, 1.807) is 0 Å². The first-order chi connectivity index (χ1) is 11.9. The van der Waals surface area contributed by atoms with Crippen LogP contribution >= 0.6 is 0 Å². The van der Waals surface area contributed by atoms with Gasteiger partial charge in [-0.2, -0.15) is 0 Å². The molecule has 0 aliphatic carbocycles. The van der Waals surface area contributed by atoms with Gasteiger partial charge in [-0.15, -0.1) is 0 Å². The molecular formula is C18H22N2O5. The van der Waals surface area contributed by atoms with Gasteiger partial charge >= 0.3 is 11.9 Å². The number of likely N-dealkylation sites (tertiary alicyclic amines) is 1. The summed E-state index contributed by atoms with van der Waals surface area (Å²) in [6.45, 7) is 4.43. The van der Waals surface area contributed by atoms with Crippen LogP contribution in [0.25, 0.3) is 11.0 Å². The van der Waals surface area contributed by atoms with E-state index in [9.17, 15) is 9.59 Å². The maximum absolute atomic E-state index is 9.55. The molecule has 0 atom stereocenters. The molecule has 2 N–H and O–H groups in total. The van der Waals surface area contributed by atoms with E-state index < -0.39 is 11.9 Å². The van der Waals surface area contributed by atoms with E-state index in [-0.39, 0.29) is 0 Å². The lowest BCUT2D eigenvalue weighted by molar-refractivity contribution is -0.134. The molecule has 0 spiro atoms. The minimum absolute atomic E-state index is 0.558. The van der Waals surface area contributed by atoms with Gasteiger partial charge in [0.15, 0.2) is 5.58 Å². The summed E-state index contributed by atoms with van der Waals surface area (Å²) in [4.78, 5) is 21.5. The Bertz CT molecular complexity index is 757. The molecule has 1 aromatic carbocycles. The minimum atomic E-state index is -1.26. The summed E-state index contributed by atoms with van der Waals surface area (Å²) in [5.41, 5.74) is 3.36. The van der Waals surface area contributed by atoms with Crippen LogP contribution in [0.2, 0.25) is 0 Å². The molecule has 0 radical (unpaired) electrons. The van der Waals surface area contributed by atoms with E-state index in [1.165, 1.54) is 23.8 Å². The van der Waals surface area contributed by atoms with Gasteiger partial charge in [0.05, 0.1) is 5.69 Å². The Kier molecular flexibility index (Phi) is 6.30. The van der Waals surface area contributed by atoms with Crippen LogP contribution in [0, 0.1) is 6.92 Å². The lowest BCUT2D eigenvalue weighted by Crippen LogP contribution is -2.29. The molecule has 134 valence electrons. The van der Waals surface area contributed by atoms with Gasteiger partial charge in [-0.1, -0.05) is 16.8 Å². The predicted octanol–water partition coefficient (Wildman–Crippen LogP) is 2.66. The fourth-order valence-electron chi connectivity index (χ4n) is 2.79. The van der Waals surface area contributed by atoms with Gasteiger partial charge in [0, 0.05) is 23.5 Å². The SMILES string of the molecule is Cc1ccc2onc(C3CCN(C)CC3)c2c1.O=C(O)/C=C/C(=O)O. The van der Waals surface area contributed by atoms with Crippen LogP contribution in [0.1, 0.15) is 30.0 Å². The molecule has 1 aliphatic rings. The molecule has 2 aromatic rings. The van der Waals surface area contributed by atoms with Crippen LogP contribution in [0.3, 0.4) is 0 Å². The van der Waals surface area contributed by atoms with Crippen LogP contribution < -0.4 is 0 Å². The summed E-state index contributed by atoms with van der Waals surface area (Å²) in [7, 11) is 2.18. The monoisotopic (exact) mass is 346 g/mol. The van der Waals surface area contributed by atoms with Gasteiger partial charge in [0.1, 0.15) is 0 Å². The largest absolute Gasteiger partial charge is 0.478 e. The molecule has 1 aliphatic heterocycles. The van der Waals surface area contributed by atoms with Crippen molar-refractivity contribution in [2.75, 3.05) is 20.1 Å². The Morgan fingerprint density at radius 2 is 1.80 bits per heavy atom. The first-order valence-electron chi connectivity index (χ1n) is 8.05. The Morgan fingerprint density at radius 1 is 1.20 bits per heavy atom. The third-order valence-corrected chi connectivity index (χ3v) is 4.13. The summed E-state index contributed by atoms with van der Waals surface area (Å²) in [6, 6.07) is 6.29. The summed E-state index contributed by atoms with van der Waals surface area (Å²) in [5.74, 6) is -1.95.